The molecule has 0 aromatic carbocycles. The van der Waals surface area contributed by atoms with Crippen molar-refractivity contribution in [2.75, 3.05) is 19.8 Å². The van der Waals surface area contributed by atoms with Gasteiger partial charge in [0, 0.05) is 13.5 Å². The van der Waals surface area contributed by atoms with E-state index in [2.05, 4.69) is 5.32 Å². The maximum atomic E-state index is 11.1. The number of carbonyl (C=O) groups excluding carboxylic acids is 1. The van der Waals surface area contributed by atoms with Crippen molar-refractivity contribution in [2.45, 2.75) is 44.0 Å². The second-order valence-corrected chi connectivity index (χ2v) is 4.66. The summed E-state index contributed by atoms with van der Waals surface area (Å²) in [5, 5.41) is 22.7. The van der Waals surface area contributed by atoms with Gasteiger partial charge in [-0.1, -0.05) is 0 Å². The zero-order valence-corrected chi connectivity index (χ0v) is 10.5. The smallest absolute Gasteiger partial charge is 0.217 e. The standard InChI is InChI=1S/C11H19NO6/c1-3-16-4-11-5-17-10(18-11)7(12-6(2)13)8(14)9(11)15/h7-10,14-15H,3-5H2,1-2H3,(H,12,13)/t7-,8-,9-,10+,11+/m1/s1. The van der Waals surface area contributed by atoms with Gasteiger partial charge in [-0.05, 0) is 6.92 Å². The number of aliphatic hydroxyl groups excluding tert-OH is 2. The summed E-state index contributed by atoms with van der Waals surface area (Å²) in [6, 6.07) is -0.769. The molecule has 1 amide bonds. The SMILES string of the molecule is CCOC[C@@]12CO[C@@H](O1)[C@H](NC(C)=O)[C@@H](O)[C@H]2O. The van der Waals surface area contributed by atoms with Crippen LogP contribution in [0.5, 0.6) is 0 Å². The van der Waals surface area contributed by atoms with E-state index >= 15 is 0 Å². The lowest BCUT2D eigenvalue weighted by Gasteiger charge is -2.42. The molecule has 18 heavy (non-hydrogen) atoms. The molecule has 7 heteroatoms. The van der Waals surface area contributed by atoms with Crippen molar-refractivity contribution in [3.8, 4) is 0 Å². The van der Waals surface area contributed by atoms with Gasteiger partial charge in [0.1, 0.15) is 23.9 Å². The quantitative estimate of drug-likeness (QED) is 0.562. The number of ether oxygens (including phenoxy) is 3. The first-order valence-corrected chi connectivity index (χ1v) is 6.00. The molecule has 0 unspecified atom stereocenters. The Balaban J connectivity index is 2.12. The number of carbonyl (C=O) groups is 1. The summed E-state index contributed by atoms with van der Waals surface area (Å²) >= 11 is 0. The van der Waals surface area contributed by atoms with E-state index in [1.807, 2.05) is 6.92 Å². The highest BCUT2D eigenvalue weighted by Gasteiger charge is 2.59. The number of fused-ring (bicyclic) bond motifs is 2. The third-order valence-electron chi connectivity index (χ3n) is 3.29. The Morgan fingerprint density at radius 1 is 1.56 bits per heavy atom. The predicted octanol–water partition coefficient (Wildman–Crippen LogP) is -1.63. The lowest BCUT2D eigenvalue weighted by molar-refractivity contribution is -0.237. The molecule has 2 bridgehead atoms. The van der Waals surface area contributed by atoms with Gasteiger partial charge in [-0.25, -0.2) is 0 Å². The molecule has 2 saturated heterocycles. The molecule has 0 radical (unpaired) electrons. The fourth-order valence-electron chi connectivity index (χ4n) is 2.35. The van der Waals surface area contributed by atoms with Crippen molar-refractivity contribution in [1.29, 1.82) is 0 Å². The van der Waals surface area contributed by atoms with Gasteiger partial charge >= 0.3 is 0 Å². The monoisotopic (exact) mass is 261 g/mol. The summed E-state index contributed by atoms with van der Waals surface area (Å²) in [6.45, 7) is 3.91. The molecule has 2 fully saturated rings. The van der Waals surface area contributed by atoms with Crippen LogP contribution in [0, 0.1) is 0 Å². The van der Waals surface area contributed by atoms with Crippen LogP contribution in [-0.4, -0.2) is 66.1 Å². The highest BCUT2D eigenvalue weighted by molar-refractivity contribution is 5.73. The molecule has 3 N–H and O–H groups in total. The molecule has 0 aromatic heterocycles. The second-order valence-electron chi connectivity index (χ2n) is 4.66. The molecule has 7 nitrogen and oxygen atoms in total. The lowest BCUT2D eigenvalue weighted by Crippen LogP contribution is -2.66. The van der Waals surface area contributed by atoms with Crippen LogP contribution in [0.25, 0.3) is 0 Å². The van der Waals surface area contributed by atoms with Crippen LogP contribution in [0.3, 0.4) is 0 Å². The largest absolute Gasteiger partial charge is 0.388 e. The van der Waals surface area contributed by atoms with E-state index in [0.717, 1.165) is 0 Å². The normalized spacial score (nSPS) is 42.9. The van der Waals surface area contributed by atoms with Crippen LogP contribution in [0.15, 0.2) is 0 Å². The molecular weight excluding hydrogens is 242 g/mol. The second kappa shape index (κ2) is 5.10. The molecule has 0 saturated carbocycles. The van der Waals surface area contributed by atoms with Crippen molar-refractivity contribution >= 4 is 5.91 Å². The molecule has 0 aliphatic carbocycles. The van der Waals surface area contributed by atoms with Gasteiger partial charge < -0.3 is 29.7 Å². The molecule has 0 aromatic rings. The van der Waals surface area contributed by atoms with Crippen LogP contribution in [-0.2, 0) is 19.0 Å². The average Bonchev–Trinajstić information content (AvgIpc) is 2.73. The zero-order valence-electron chi connectivity index (χ0n) is 10.5. The Labute approximate surface area is 105 Å². The van der Waals surface area contributed by atoms with Gasteiger partial charge in [0.05, 0.1) is 13.2 Å². The summed E-state index contributed by atoms with van der Waals surface area (Å²) in [5.41, 5.74) is -1.05. The third kappa shape index (κ3) is 2.24. The van der Waals surface area contributed by atoms with Crippen molar-refractivity contribution < 1.29 is 29.2 Å². The number of nitrogens with one attached hydrogen (secondary N) is 1. The van der Waals surface area contributed by atoms with Gasteiger partial charge in [-0.3, -0.25) is 4.79 Å². The third-order valence-corrected chi connectivity index (χ3v) is 3.29. The Kier molecular flexibility index (Phi) is 3.88. The van der Waals surface area contributed by atoms with Gasteiger partial charge in [0.15, 0.2) is 6.29 Å². The minimum Gasteiger partial charge on any atom is -0.388 e. The van der Waals surface area contributed by atoms with Gasteiger partial charge in [0.25, 0.3) is 0 Å². The summed E-state index contributed by atoms with van der Waals surface area (Å²) in [6.07, 6.45) is -3.07. The summed E-state index contributed by atoms with van der Waals surface area (Å²) in [4.78, 5) is 11.1. The number of aliphatic hydroxyl groups is 2. The van der Waals surface area contributed by atoms with Crippen molar-refractivity contribution in [3.63, 3.8) is 0 Å². The van der Waals surface area contributed by atoms with Crippen LogP contribution < -0.4 is 5.32 Å². The van der Waals surface area contributed by atoms with Gasteiger partial charge in [-0.2, -0.15) is 0 Å². The molecule has 2 rings (SSSR count). The molecule has 104 valence electrons. The van der Waals surface area contributed by atoms with Crippen molar-refractivity contribution in [2.24, 2.45) is 0 Å². The molecule has 2 heterocycles. The number of amides is 1. The van der Waals surface area contributed by atoms with E-state index in [0.29, 0.717) is 6.61 Å². The van der Waals surface area contributed by atoms with Crippen LogP contribution in [0.1, 0.15) is 13.8 Å². The molecule has 2 aliphatic heterocycles. The van der Waals surface area contributed by atoms with E-state index in [4.69, 9.17) is 14.2 Å². The van der Waals surface area contributed by atoms with E-state index < -0.39 is 30.1 Å². The molecular formula is C11H19NO6. The predicted molar refractivity (Wildman–Crippen MR) is 59.7 cm³/mol. The highest BCUT2D eigenvalue weighted by atomic mass is 16.7. The van der Waals surface area contributed by atoms with E-state index in [1.165, 1.54) is 6.92 Å². The summed E-state index contributed by atoms with van der Waals surface area (Å²) in [7, 11) is 0. The Bertz CT molecular complexity index is 325. The Hall–Kier alpha value is -0.730. The fraction of sp³-hybridized carbons (Fsp3) is 0.909. The summed E-state index contributed by atoms with van der Waals surface area (Å²) < 4.78 is 16.3. The average molecular weight is 261 g/mol. The number of hydrogen-bond acceptors (Lipinski definition) is 6. The van der Waals surface area contributed by atoms with Crippen LogP contribution in [0.4, 0.5) is 0 Å². The zero-order chi connectivity index (χ0) is 13.3. The Morgan fingerprint density at radius 3 is 2.89 bits per heavy atom. The van der Waals surface area contributed by atoms with E-state index in [-0.39, 0.29) is 19.1 Å². The van der Waals surface area contributed by atoms with Crippen LogP contribution in [0.2, 0.25) is 0 Å². The van der Waals surface area contributed by atoms with E-state index in [1.54, 1.807) is 0 Å². The molecule has 5 atom stereocenters. The fourth-order valence-corrected chi connectivity index (χ4v) is 2.35. The van der Waals surface area contributed by atoms with Crippen LogP contribution >= 0.6 is 0 Å². The van der Waals surface area contributed by atoms with Crippen molar-refractivity contribution in [3.05, 3.63) is 0 Å². The minimum absolute atomic E-state index is 0.131. The molecule has 2 aliphatic rings. The molecule has 0 spiro atoms. The lowest BCUT2D eigenvalue weighted by atomic mass is 9.88. The first-order valence-electron chi connectivity index (χ1n) is 6.00. The van der Waals surface area contributed by atoms with Crippen molar-refractivity contribution in [1.82, 2.24) is 5.32 Å². The Morgan fingerprint density at radius 2 is 2.28 bits per heavy atom. The highest BCUT2D eigenvalue weighted by Crippen LogP contribution is 2.37. The number of hydrogen-bond donors (Lipinski definition) is 3. The topological polar surface area (TPSA) is 97.2 Å². The number of rotatable bonds is 4. The first-order chi connectivity index (χ1) is 8.50. The van der Waals surface area contributed by atoms with E-state index in [9.17, 15) is 15.0 Å². The minimum atomic E-state index is -1.17. The first kappa shape index (κ1) is 13.7. The maximum Gasteiger partial charge on any atom is 0.217 e. The maximum absolute atomic E-state index is 11.1. The van der Waals surface area contributed by atoms with Gasteiger partial charge in [0.2, 0.25) is 5.91 Å². The summed E-state index contributed by atoms with van der Waals surface area (Å²) in [5.74, 6) is -0.317. The van der Waals surface area contributed by atoms with Gasteiger partial charge in [-0.15, -0.1) is 0 Å².